The summed E-state index contributed by atoms with van der Waals surface area (Å²) in [6, 6.07) is 0. The van der Waals surface area contributed by atoms with Gasteiger partial charge in [0, 0.05) is 13.0 Å². The molecule has 0 radical (unpaired) electrons. The third-order valence-electron chi connectivity index (χ3n) is 10.4. The van der Waals surface area contributed by atoms with Crippen LogP contribution in [0.5, 0.6) is 0 Å². The van der Waals surface area contributed by atoms with Gasteiger partial charge in [0.1, 0.15) is 19.3 Å². The number of rotatable bonds is 44. The van der Waals surface area contributed by atoms with Crippen molar-refractivity contribution in [3.8, 4) is 0 Å². The molecule has 0 aromatic carbocycles. The second kappa shape index (κ2) is 39.3. The molecule has 0 aromatic rings. The van der Waals surface area contributed by atoms with E-state index in [1.807, 2.05) is 21.1 Å². The molecule has 54 heavy (non-hydrogen) atoms. The zero-order valence-corrected chi connectivity index (χ0v) is 37.6. The summed E-state index contributed by atoms with van der Waals surface area (Å²) in [7, 11) is 1.38. The molecule has 0 saturated carbocycles. The lowest BCUT2D eigenvalue weighted by Gasteiger charge is -2.28. The summed E-state index contributed by atoms with van der Waals surface area (Å²) in [5, 5.41) is 0. The number of hydrogen-bond acceptors (Lipinski definition) is 7. The number of carbonyl (C=O) groups excluding carboxylic acids is 1. The maximum Gasteiger partial charge on any atom is 0.306 e. The van der Waals surface area contributed by atoms with E-state index in [0.717, 1.165) is 32.1 Å². The van der Waals surface area contributed by atoms with Crippen LogP contribution in [-0.2, 0) is 27.9 Å². The largest absolute Gasteiger partial charge is 0.756 e. The molecule has 0 rings (SSSR count). The van der Waals surface area contributed by atoms with E-state index in [-0.39, 0.29) is 25.8 Å². The van der Waals surface area contributed by atoms with E-state index in [1.165, 1.54) is 173 Å². The maximum absolute atomic E-state index is 12.7. The van der Waals surface area contributed by atoms with Crippen LogP contribution < -0.4 is 4.89 Å². The molecule has 0 amide bonds. The molecule has 0 fully saturated rings. The Morgan fingerprint density at radius 2 is 0.852 bits per heavy atom. The highest BCUT2D eigenvalue weighted by Gasteiger charge is 2.20. The van der Waals surface area contributed by atoms with Crippen LogP contribution >= 0.6 is 7.82 Å². The van der Waals surface area contributed by atoms with Crippen molar-refractivity contribution in [3.05, 3.63) is 0 Å². The van der Waals surface area contributed by atoms with E-state index < -0.39 is 13.9 Å². The van der Waals surface area contributed by atoms with Crippen LogP contribution in [-0.4, -0.2) is 70.7 Å². The molecule has 0 N–H and O–H groups in total. The van der Waals surface area contributed by atoms with Crippen molar-refractivity contribution in [1.82, 2.24) is 0 Å². The second-order valence-electron chi connectivity index (χ2n) is 17.1. The fourth-order valence-electron chi connectivity index (χ4n) is 6.78. The summed E-state index contributed by atoms with van der Waals surface area (Å²) >= 11 is 0. The Balaban J connectivity index is 4.14. The number of unbranched alkanes of at least 4 members (excludes halogenated alkanes) is 30. The highest BCUT2D eigenvalue weighted by Crippen LogP contribution is 2.38. The molecule has 2 atom stereocenters. The fourth-order valence-corrected chi connectivity index (χ4v) is 7.51. The van der Waals surface area contributed by atoms with Crippen LogP contribution in [0.2, 0.25) is 0 Å². The molecule has 8 nitrogen and oxygen atoms in total. The number of esters is 1. The van der Waals surface area contributed by atoms with Gasteiger partial charge in [0.05, 0.1) is 34.4 Å². The predicted octanol–water partition coefficient (Wildman–Crippen LogP) is 13.0. The smallest absolute Gasteiger partial charge is 0.306 e. The van der Waals surface area contributed by atoms with Gasteiger partial charge >= 0.3 is 5.97 Å². The van der Waals surface area contributed by atoms with E-state index in [0.29, 0.717) is 24.1 Å². The standard InChI is InChI=1S/C45H92NO7P/c1-6-8-10-12-14-16-18-20-22-23-24-25-27-29-31-33-35-37-40-50-42-44(43-52-54(48,49)51-41-39-46(3,4)5)53-45(47)38-36-34-32-30-28-26-21-19-17-15-13-11-9-7-2/h44H,6-43H2,1-5H3/t44-/m1/s1. The molecule has 9 heteroatoms. The molecule has 0 spiro atoms. The molecule has 324 valence electrons. The number of nitrogens with zero attached hydrogens (tertiary/aromatic N) is 1. The summed E-state index contributed by atoms with van der Waals surface area (Å²) in [6.45, 7) is 5.47. The SMILES string of the molecule is CCCCCCCCCCCCCCCCCCCCOC[C@H](COP(=O)([O-])OCC[N+](C)(C)C)OC(=O)CCCCCCCCCCCCCCCC. The first-order chi connectivity index (χ1) is 26.1. The minimum Gasteiger partial charge on any atom is -0.756 e. The zero-order chi connectivity index (χ0) is 39.9. The van der Waals surface area contributed by atoms with Gasteiger partial charge < -0.3 is 27.9 Å². The van der Waals surface area contributed by atoms with Crippen LogP contribution in [0.3, 0.4) is 0 Å². The number of quaternary nitrogens is 1. The van der Waals surface area contributed by atoms with Gasteiger partial charge in [-0.3, -0.25) is 9.36 Å². The lowest BCUT2D eigenvalue weighted by Crippen LogP contribution is -2.37. The molecule has 0 heterocycles. The average Bonchev–Trinajstić information content (AvgIpc) is 3.12. The maximum atomic E-state index is 12.7. The Morgan fingerprint density at radius 3 is 1.22 bits per heavy atom. The van der Waals surface area contributed by atoms with Crippen LogP contribution in [0, 0.1) is 0 Å². The molecule has 0 bridgehead atoms. The first kappa shape index (κ1) is 53.5. The first-order valence-electron chi connectivity index (χ1n) is 23.3. The minimum absolute atomic E-state index is 0.0315. The van der Waals surface area contributed by atoms with Crippen molar-refractivity contribution in [2.24, 2.45) is 0 Å². The number of carbonyl (C=O) groups is 1. The Labute approximate surface area is 336 Å². The van der Waals surface area contributed by atoms with E-state index >= 15 is 0 Å². The van der Waals surface area contributed by atoms with Crippen molar-refractivity contribution in [2.45, 2.75) is 232 Å². The van der Waals surface area contributed by atoms with Gasteiger partial charge in [0.15, 0.2) is 0 Å². The normalized spacial score (nSPS) is 13.7. The van der Waals surface area contributed by atoms with Crippen LogP contribution in [0.15, 0.2) is 0 Å². The van der Waals surface area contributed by atoms with Gasteiger partial charge in [0.25, 0.3) is 7.82 Å². The molecule has 1 unspecified atom stereocenters. The Kier molecular flexibility index (Phi) is 39.0. The Hall–Kier alpha value is -0.500. The summed E-state index contributed by atoms with van der Waals surface area (Å²) in [4.78, 5) is 25.1. The summed E-state index contributed by atoms with van der Waals surface area (Å²) in [5.41, 5.74) is 0. The van der Waals surface area contributed by atoms with Gasteiger partial charge in [-0.2, -0.15) is 0 Å². The number of phosphoric acid groups is 1. The quantitative estimate of drug-likeness (QED) is 0.0262. The molecule has 0 saturated heterocycles. The molecule has 0 aliphatic rings. The first-order valence-corrected chi connectivity index (χ1v) is 24.7. The van der Waals surface area contributed by atoms with Gasteiger partial charge in [-0.1, -0.05) is 206 Å². The number of ether oxygens (including phenoxy) is 2. The van der Waals surface area contributed by atoms with E-state index in [9.17, 15) is 14.3 Å². The van der Waals surface area contributed by atoms with Crippen LogP contribution in [0.25, 0.3) is 0 Å². The molecule has 0 aliphatic carbocycles. The third kappa shape index (κ3) is 42.6. The second-order valence-corrected chi connectivity index (χ2v) is 18.5. The lowest BCUT2D eigenvalue weighted by atomic mass is 10.0. The summed E-state index contributed by atoms with van der Waals surface area (Å²) < 4.78 is 34.6. The van der Waals surface area contributed by atoms with E-state index in [1.54, 1.807) is 0 Å². The van der Waals surface area contributed by atoms with Crippen molar-refractivity contribution < 1.29 is 37.3 Å². The topological polar surface area (TPSA) is 94.1 Å². The van der Waals surface area contributed by atoms with Gasteiger partial charge in [-0.25, -0.2) is 0 Å². The van der Waals surface area contributed by atoms with Gasteiger partial charge in [-0.05, 0) is 12.8 Å². The molecule has 0 aliphatic heterocycles. The number of phosphoric ester groups is 1. The van der Waals surface area contributed by atoms with Crippen molar-refractivity contribution in [2.75, 3.05) is 54.1 Å². The Morgan fingerprint density at radius 1 is 0.500 bits per heavy atom. The van der Waals surface area contributed by atoms with Gasteiger partial charge in [0.2, 0.25) is 0 Å². The fraction of sp³-hybridized carbons (Fsp3) is 0.978. The highest BCUT2D eigenvalue weighted by molar-refractivity contribution is 7.45. The monoisotopic (exact) mass is 790 g/mol. The number of likely N-dealkylation sites (N-methyl/N-ethyl adjacent to an activating group) is 1. The summed E-state index contributed by atoms with van der Waals surface area (Å²) in [5.74, 6) is -0.328. The molecule has 0 aromatic heterocycles. The van der Waals surface area contributed by atoms with Crippen LogP contribution in [0.4, 0.5) is 0 Å². The molecular weight excluding hydrogens is 697 g/mol. The Bertz CT molecular complexity index is 837. The zero-order valence-electron chi connectivity index (χ0n) is 36.7. The third-order valence-corrected chi connectivity index (χ3v) is 11.4. The molecular formula is C45H92NO7P. The van der Waals surface area contributed by atoms with E-state index in [2.05, 4.69) is 13.8 Å². The van der Waals surface area contributed by atoms with E-state index in [4.69, 9.17) is 18.5 Å². The van der Waals surface area contributed by atoms with Gasteiger partial charge in [-0.15, -0.1) is 0 Å². The minimum atomic E-state index is -4.52. The average molecular weight is 790 g/mol. The van der Waals surface area contributed by atoms with Crippen molar-refractivity contribution in [3.63, 3.8) is 0 Å². The summed E-state index contributed by atoms with van der Waals surface area (Å²) in [6.07, 6.45) is 41.1. The van der Waals surface area contributed by atoms with Crippen molar-refractivity contribution >= 4 is 13.8 Å². The lowest BCUT2D eigenvalue weighted by molar-refractivity contribution is -0.870. The predicted molar refractivity (Wildman–Crippen MR) is 227 cm³/mol. The number of hydrogen-bond donors (Lipinski definition) is 0. The highest BCUT2D eigenvalue weighted by atomic mass is 31.2. The van der Waals surface area contributed by atoms with Crippen molar-refractivity contribution in [1.29, 1.82) is 0 Å². The van der Waals surface area contributed by atoms with Crippen LogP contribution in [0.1, 0.15) is 226 Å².